The summed E-state index contributed by atoms with van der Waals surface area (Å²) in [5.41, 5.74) is 1.34. The minimum atomic E-state index is -0.0781. The van der Waals surface area contributed by atoms with Crippen LogP contribution in [-0.2, 0) is 0 Å². The molecule has 0 bridgehead atoms. The lowest BCUT2D eigenvalue weighted by Gasteiger charge is -2.15. The first-order chi connectivity index (χ1) is 9.76. The Morgan fingerprint density at radius 2 is 2.15 bits per heavy atom. The molecule has 4 heteroatoms. The van der Waals surface area contributed by atoms with E-state index >= 15 is 0 Å². The van der Waals surface area contributed by atoms with Crippen LogP contribution in [0.2, 0.25) is 0 Å². The molecule has 1 unspecified atom stereocenters. The first-order valence-electron chi connectivity index (χ1n) is 7.06. The van der Waals surface area contributed by atoms with Gasteiger partial charge in [0.1, 0.15) is 11.8 Å². The number of para-hydroxylation sites is 1. The SMILES string of the molecule is CCCC(CCCl)CNC(=O)c1coc2ccccc12. The van der Waals surface area contributed by atoms with Gasteiger partial charge in [0.15, 0.2) is 0 Å². The van der Waals surface area contributed by atoms with Gasteiger partial charge in [-0.1, -0.05) is 31.5 Å². The van der Waals surface area contributed by atoms with Crippen LogP contribution in [0.3, 0.4) is 0 Å². The highest BCUT2D eigenvalue weighted by molar-refractivity contribution is 6.17. The average molecular weight is 294 g/mol. The monoisotopic (exact) mass is 293 g/mol. The minimum Gasteiger partial charge on any atom is -0.463 e. The molecule has 0 saturated carbocycles. The molecule has 0 radical (unpaired) electrons. The van der Waals surface area contributed by atoms with Gasteiger partial charge in [-0.2, -0.15) is 0 Å². The fourth-order valence-electron chi connectivity index (χ4n) is 2.40. The van der Waals surface area contributed by atoms with Gasteiger partial charge < -0.3 is 9.73 Å². The number of benzene rings is 1. The second-order valence-electron chi connectivity index (χ2n) is 4.99. The van der Waals surface area contributed by atoms with Crippen molar-refractivity contribution in [2.24, 2.45) is 5.92 Å². The molecule has 0 saturated heterocycles. The molecule has 0 fully saturated rings. The van der Waals surface area contributed by atoms with Gasteiger partial charge in [0.25, 0.3) is 5.91 Å². The van der Waals surface area contributed by atoms with Gasteiger partial charge in [-0.15, -0.1) is 11.6 Å². The largest absolute Gasteiger partial charge is 0.463 e. The molecule has 1 N–H and O–H groups in total. The van der Waals surface area contributed by atoms with E-state index in [2.05, 4.69) is 12.2 Å². The molecule has 0 aliphatic heterocycles. The lowest BCUT2D eigenvalue weighted by Crippen LogP contribution is -2.29. The molecule has 1 heterocycles. The van der Waals surface area contributed by atoms with Crippen LogP contribution in [0.15, 0.2) is 34.9 Å². The smallest absolute Gasteiger partial charge is 0.255 e. The number of hydrogen-bond acceptors (Lipinski definition) is 2. The highest BCUT2D eigenvalue weighted by Gasteiger charge is 2.15. The van der Waals surface area contributed by atoms with Crippen molar-refractivity contribution in [3.8, 4) is 0 Å². The van der Waals surface area contributed by atoms with Gasteiger partial charge in [0.05, 0.1) is 5.56 Å². The molecule has 0 aliphatic carbocycles. The molecule has 1 amide bonds. The van der Waals surface area contributed by atoms with Crippen LogP contribution in [0.1, 0.15) is 36.5 Å². The Morgan fingerprint density at radius 3 is 2.90 bits per heavy atom. The third-order valence-electron chi connectivity index (χ3n) is 3.49. The van der Waals surface area contributed by atoms with Crippen molar-refractivity contribution in [2.75, 3.05) is 12.4 Å². The molecule has 108 valence electrons. The molecule has 2 rings (SSSR count). The van der Waals surface area contributed by atoms with Crippen LogP contribution in [-0.4, -0.2) is 18.3 Å². The van der Waals surface area contributed by atoms with Crippen molar-refractivity contribution >= 4 is 28.5 Å². The second kappa shape index (κ2) is 7.34. The Bertz CT molecular complexity index is 558. The van der Waals surface area contributed by atoms with E-state index in [1.165, 1.54) is 6.26 Å². The summed E-state index contributed by atoms with van der Waals surface area (Å²) >= 11 is 5.80. The highest BCUT2D eigenvalue weighted by Crippen LogP contribution is 2.20. The predicted molar refractivity (Wildman–Crippen MR) is 82.3 cm³/mol. The van der Waals surface area contributed by atoms with E-state index in [4.69, 9.17) is 16.0 Å². The van der Waals surface area contributed by atoms with Crippen molar-refractivity contribution in [1.29, 1.82) is 0 Å². The van der Waals surface area contributed by atoms with Crippen molar-refractivity contribution in [2.45, 2.75) is 26.2 Å². The first-order valence-corrected chi connectivity index (χ1v) is 7.60. The second-order valence-corrected chi connectivity index (χ2v) is 5.37. The Kier molecular flexibility index (Phi) is 5.48. The summed E-state index contributed by atoms with van der Waals surface area (Å²) in [5, 5.41) is 3.85. The van der Waals surface area contributed by atoms with Gasteiger partial charge >= 0.3 is 0 Å². The number of halogens is 1. The van der Waals surface area contributed by atoms with Crippen molar-refractivity contribution in [1.82, 2.24) is 5.32 Å². The molecule has 1 aromatic heterocycles. The topological polar surface area (TPSA) is 42.2 Å². The number of carbonyl (C=O) groups is 1. The van der Waals surface area contributed by atoms with E-state index in [9.17, 15) is 4.79 Å². The van der Waals surface area contributed by atoms with E-state index in [1.807, 2.05) is 24.3 Å². The lowest BCUT2D eigenvalue weighted by molar-refractivity contribution is 0.0946. The zero-order valence-electron chi connectivity index (χ0n) is 11.7. The maximum Gasteiger partial charge on any atom is 0.255 e. The van der Waals surface area contributed by atoms with E-state index in [0.29, 0.717) is 23.9 Å². The number of alkyl halides is 1. The summed E-state index contributed by atoms with van der Waals surface area (Å²) in [4.78, 5) is 12.2. The Balaban J connectivity index is 2.01. The summed E-state index contributed by atoms with van der Waals surface area (Å²) in [6.45, 7) is 2.81. The van der Waals surface area contributed by atoms with E-state index in [-0.39, 0.29) is 5.91 Å². The third-order valence-corrected chi connectivity index (χ3v) is 3.71. The number of rotatable bonds is 7. The molecule has 3 nitrogen and oxygen atoms in total. The van der Waals surface area contributed by atoms with Crippen LogP contribution in [0.25, 0.3) is 11.0 Å². The number of fused-ring (bicyclic) bond motifs is 1. The molecule has 0 spiro atoms. The fourth-order valence-corrected chi connectivity index (χ4v) is 2.71. The maximum atomic E-state index is 12.2. The van der Waals surface area contributed by atoms with E-state index in [0.717, 1.165) is 30.2 Å². The molecular weight excluding hydrogens is 274 g/mol. The number of carbonyl (C=O) groups excluding carboxylic acids is 1. The Morgan fingerprint density at radius 1 is 1.35 bits per heavy atom. The van der Waals surface area contributed by atoms with Gasteiger partial charge in [-0.05, 0) is 24.8 Å². The highest BCUT2D eigenvalue weighted by atomic mass is 35.5. The van der Waals surface area contributed by atoms with Crippen molar-refractivity contribution in [3.63, 3.8) is 0 Å². The zero-order chi connectivity index (χ0) is 14.4. The molecule has 1 atom stereocenters. The average Bonchev–Trinajstić information content (AvgIpc) is 2.89. The van der Waals surface area contributed by atoms with Crippen molar-refractivity contribution in [3.05, 3.63) is 36.1 Å². The van der Waals surface area contributed by atoms with Crippen LogP contribution < -0.4 is 5.32 Å². The summed E-state index contributed by atoms with van der Waals surface area (Å²) < 4.78 is 5.39. The molecule has 0 aliphatic rings. The number of nitrogens with one attached hydrogen (secondary N) is 1. The summed E-state index contributed by atoms with van der Waals surface area (Å²) in [6, 6.07) is 7.56. The quantitative estimate of drug-likeness (QED) is 0.777. The normalized spacial score (nSPS) is 12.5. The van der Waals surface area contributed by atoms with Gasteiger partial charge in [-0.25, -0.2) is 0 Å². The Hall–Kier alpha value is -1.48. The first kappa shape index (κ1) is 14.9. The minimum absolute atomic E-state index is 0.0781. The Labute approximate surface area is 124 Å². The summed E-state index contributed by atoms with van der Waals surface area (Å²) in [7, 11) is 0. The molecule has 2 aromatic rings. The molecular formula is C16H20ClNO2. The van der Waals surface area contributed by atoms with Crippen molar-refractivity contribution < 1.29 is 9.21 Å². The van der Waals surface area contributed by atoms with Crippen LogP contribution in [0.4, 0.5) is 0 Å². The van der Waals surface area contributed by atoms with Gasteiger partial charge in [0.2, 0.25) is 0 Å². The predicted octanol–water partition coefficient (Wildman–Crippen LogP) is 4.21. The van der Waals surface area contributed by atoms with E-state index in [1.54, 1.807) is 0 Å². The van der Waals surface area contributed by atoms with Crippen LogP contribution in [0.5, 0.6) is 0 Å². The van der Waals surface area contributed by atoms with Crippen LogP contribution in [0, 0.1) is 5.92 Å². The maximum absolute atomic E-state index is 12.2. The lowest BCUT2D eigenvalue weighted by atomic mass is 10.0. The van der Waals surface area contributed by atoms with Gasteiger partial charge in [0, 0.05) is 17.8 Å². The number of hydrogen-bond donors (Lipinski definition) is 1. The number of amides is 1. The standard InChI is InChI=1S/C16H20ClNO2/c1-2-5-12(8-9-17)10-18-16(19)14-11-20-15-7-4-3-6-13(14)15/h3-4,6-7,11-12H,2,5,8-10H2,1H3,(H,18,19). The summed E-state index contributed by atoms with van der Waals surface area (Å²) in [6.07, 6.45) is 4.64. The number of furan rings is 1. The third kappa shape index (κ3) is 3.54. The van der Waals surface area contributed by atoms with E-state index < -0.39 is 0 Å². The van der Waals surface area contributed by atoms with Gasteiger partial charge in [-0.3, -0.25) is 4.79 Å². The van der Waals surface area contributed by atoms with Crippen LogP contribution >= 0.6 is 11.6 Å². The zero-order valence-corrected chi connectivity index (χ0v) is 12.5. The molecule has 1 aromatic carbocycles. The molecule has 20 heavy (non-hydrogen) atoms. The fraction of sp³-hybridized carbons (Fsp3) is 0.438. The summed E-state index contributed by atoms with van der Waals surface area (Å²) in [5.74, 6) is 1.00.